The van der Waals surface area contributed by atoms with Crippen LogP contribution in [0.1, 0.15) is 40.0 Å². The number of hydrogen-bond donors (Lipinski definition) is 2. The molecule has 5 nitrogen and oxygen atoms in total. The molecule has 2 rings (SSSR count). The Balaban J connectivity index is 1.97. The Labute approximate surface area is 115 Å². The number of carbonyl (C=O) groups is 1. The third-order valence-electron chi connectivity index (χ3n) is 5.62. The molecule has 2 N–H and O–H groups in total. The summed E-state index contributed by atoms with van der Waals surface area (Å²) in [7, 11) is -3.31. The summed E-state index contributed by atoms with van der Waals surface area (Å²) in [6, 6.07) is 0.162. The number of hydrogen-bond acceptors (Lipinski definition) is 3. The highest BCUT2D eigenvalue weighted by molar-refractivity contribution is 7.88. The van der Waals surface area contributed by atoms with E-state index in [1.807, 2.05) is 0 Å². The van der Waals surface area contributed by atoms with E-state index in [1.165, 1.54) is 6.42 Å². The van der Waals surface area contributed by atoms with Gasteiger partial charge >= 0.3 is 0 Å². The third kappa shape index (κ3) is 2.52. The molecule has 0 radical (unpaired) electrons. The first kappa shape index (κ1) is 14.8. The monoisotopic (exact) mass is 288 g/mol. The summed E-state index contributed by atoms with van der Waals surface area (Å²) in [4.78, 5) is 11.8. The highest BCUT2D eigenvalue weighted by atomic mass is 32.2. The van der Waals surface area contributed by atoms with Crippen molar-refractivity contribution in [2.75, 3.05) is 12.8 Å². The lowest BCUT2D eigenvalue weighted by Gasteiger charge is -2.39. The number of nitrogens with one attached hydrogen (secondary N) is 2. The second kappa shape index (κ2) is 4.45. The van der Waals surface area contributed by atoms with E-state index in [0.717, 1.165) is 19.1 Å². The topological polar surface area (TPSA) is 75.3 Å². The van der Waals surface area contributed by atoms with Gasteiger partial charge in [-0.05, 0) is 36.0 Å². The van der Waals surface area contributed by atoms with Gasteiger partial charge in [-0.2, -0.15) is 0 Å². The predicted molar refractivity (Wildman–Crippen MR) is 74.0 cm³/mol. The molecule has 6 heteroatoms. The Morgan fingerprint density at radius 3 is 2.37 bits per heavy atom. The first-order valence-corrected chi connectivity index (χ1v) is 8.69. The lowest BCUT2D eigenvalue weighted by atomic mass is 9.69. The maximum Gasteiger partial charge on any atom is 0.235 e. The van der Waals surface area contributed by atoms with E-state index in [2.05, 4.69) is 30.8 Å². The van der Waals surface area contributed by atoms with Gasteiger partial charge in [-0.3, -0.25) is 4.79 Å². The fourth-order valence-electron chi connectivity index (χ4n) is 3.86. The molecule has 0 aromatic rings. The van der Waals surface area contributed by atoms with Crippen LogP contribution < -0.4 is 10.0 Å². The van der Waals surface area contributed by atoms with Crippen LogP contribution in [0.5, 0.6) is 0 Å². The Morgan fingerprint density at radius 1 is 1.32 bits per heavy atom. The lowest BCUT2D eigenvalue weighted by Crippen LogP contribution is -2.49. The highest BCUT2D eigenvalue weighted by Crippen LogP contribution is 2.65. The lowest BCUT2D eigenvalue weighted by molar-refractivity contribution is -0.121. The molecule has 2 aliphatic rings. The molecule has 3 atom stereocenters. The Hall–Kier alpha value is -0.620. The summed E-state index contributed by atoms with van der Waals surface area (Å²) in [6.07, 6.45) is 4.43. The van der Waals surface area contributed by atoms with Crippen molar-refractivity contribution in [3.63, 3.8) is 0 Å². The van der Waals surface area contributed by atoms with Crippen molar-refractivity contribution >= 4 is 15.9 Å². The molecule has 0 unspecified atom stereocenters. The molecule has 0 aliphatic heterocycles. The van der Waals surface area contributed by atoms with Crippen molar-refractivity contribution < 1.29 is 13.2 Å². The number of rotatable bonds is 4. The summed E-state index contributed by atoms with van der Waals surface area (Å²) in [5.41, 5.74) is 0.369. The number of sulfonamides is 1. The molecule has 110 valence electrons. The maximum absolute atomic E-state index is 11.8. The Bertz CT molecular complexity index is 486. The van der Waals surface area contributed by atoms with Gasteiger partial charge in [0.05, 0.1) is 12.8 Å². The summed E-state index contributed by atoms with van der Waals surface area (Å²) in [6.45, 7) is 6.64. The van der Waals surface area contributed by atoms with Gasteiger partial charge in [-0.15, -0.1) is 0 Å². The predicted octanol–water partition coefficient (Wildman–Crippen LogP) is 0.867. The summed E-state index contributed by atoms with van der Waals surface area (Å²) in [5, 5.41) is 3.01. The number of amides is 1. The van der Waals surface area contributed by atoms with Gasteiger partial charge in [0.25, 0.3) is 0 Å². The van der Waals surface area contributed by atoms with Crippen LogP contribution in [-0.4, -0.2) is 33.2 Å². The average molecular weight is 288 g/mol. The van der Waals surface area contributed by atoms with Crippen LogP contribution in [0, 0.1) is 16.7 Å². The van der Waals surface area contributed by atoms with Gasteiger partial charge in [-0.1, -0.05) is 20.8 Å². The second-order valence-corrected chi connectivity index (χ2v) is 8.66. The fraction of sp³-hybridized carbons (Fsp3) is 0.923. The second-order valence-electron chi connectivity index (χ2n) is 6.82. The highest BCUT2D eigenvalue weighted by Gasteiger charge is 2.61. The van der Waals surface area contributed by atoms with Crippen LogP contribution in [0.15, 0.2) is 0 Å². The van der Waals surface area contributed by atoms with Crippen molar-refractivity contribution in [2.24, 2.45) is 16.7 Å². The Kier molecular flexibility index (Phi) is 3.46. The molecule has 0 aromatic heterocycles. The van der Waals surface area contributed by atoms with Crippen LogP contribution in [-0.2, 0) is 14.8 Å². The van der Waals surface area contributed by atoms with E-state index in [4.69, 9.17) is 0 Å². The van der Waals surface area contributed by atoms with Gasteiger partial charge in [-0.25, -0.2) is 13.1 Å². The number of fused-ring (bicyclic) bond motifs is 2. The van der Waals surface area contributed by atoms with Crippen LogP contribution in [0.3, 0.4) is 0 Å². The van der Waals surface area contributed by atoms with Crippen LogP contribution in [0.4, 0.5) is 0 Å². The van der Waals surface area contributed by atoms with Crippen molar-refractivity contribution in [3.05, 3.63) is 0 Å². The van der Waals surface area contributed by atoms with Gasteiger partial charge in [0.2, 0.25) is 15.9 Å². The van der Waals surface area contributed by atoms with Gasteiger partial charge < -0.3 is 5.32 Å². The minimum Gasteiger partial charge on any atom is -0.352 e. The summed E-state index contributed by atoms with van der Waals surface area (Å²) in [5.74, 6) is 0.422. The molecule has 2 bridgehead atoms. The van der Waals surface area contributed by atoms with E-state index in [1.54, 1.807) is 0 Å². The Morgan fingerprint density at radius 2 is 1.95 bits per heavy atom. The quantitative estimate of drug-likeness (QED) is 0.806. The third-order valence-corrected chi connectivity index (χ3v) is 6.29. The van der Waals surface area contributed by atoms with Gasteiger partial charge in [0.15, 0.2) is 0 Å². The summed E-state index contributed by atoms with van der Waals surface area (Å²) < 4.78 is 24.2. The van der Waals surface area contributed by atoms with Gasteiger partial charge in [0.1, 0.15) is 0 Å². The van der Waals surface area contributed by atoms with Gasteiger partial charge in [0, 0.05) is 6.04 Å². The zero-order valence-corrected chi connectivity index (χ0v) is 12.9. The zero-order valence-electron chi connectivity index (χ0n) is 12.1. The first-order valence-electron chi connectivity index (χ1n) is 6.80. The van der Waals surface area contributed by atoms with E-state index in [9.17, 15) is 13.2 Å². The fourth-order valence-corrected chi connectivity index (χ4v) is 4.26. The molecule has 2 aliphatic carbocycles. The SMILES string of the molecule is CC1(C)[C@H]2CC[C@@]1(C)[C@@H](NC(=O)CNS(C)(=O)=O)C2. The minimum absolute atomic E-state index is 0.123. The van der Waals surface area contributed by atoms with Crippen molar-refractivity contribution in [2.45, 2.75) is 46.1 Å². The van der Waals surface area contributed by atoms with Crippen molar-refractivity contribution in [1.82, 2.24) is 10.0 Å². The smallest absolute Gasteiger partial charge is 0.235 e. The van der Waals surface area contributed by atoms with Crippen molar-refractivity contribution in [3.8, 4) is 0 Å². The molecular formula is C13H24N2O3S. The molecule has 0 aromatic carbocycles. The van der Waals surface area contributed by atoms with Crippen LogP contribution in [0.25, 0.3) is 0 Å². The number of carbonyl (C=O) groups excluding carboxylic acids is 1. The molecule has 0 heterocycles. The van der Waals surface area contributed by atoms with E-state index < -0.39 is 10.0 Å². The van der Waals surface area contributed by atoms with Crippen LogP contribution >= 0.6 is 0 Å². The largest absolute Gasteiger partial charge is 0.352 e. The average Bonchev–Trinajstić information content (AvgIpc) is 2.58. The molecule has 2 saturated carbocycles. The molecule has 1 amide bonds. The first-order chi connectivity index (χ1) is 8.56. The van der Waals surface area contributed by atoms with E-state index in [-0.39, 0.29) is 29.3 Å². The summed E-state index contributed by atoms with van der Waals surface area (Å²) >= 11 is 0. The minimum atomic E-state index is -3.31. The normalized spacial score (nSPS) is 36.4. The van der Waals surface area contributed by atoms with E-state index in [0.29, 0.717) is 5.92 Å². The molecule has 0 spiro atoms. The molecule has 2 fully saturated rings. The molecular weight excluding hydrogens is 264 g/mol. The maximum atomic E-state index is 11.8. The van der Waals surface area contributed by atoms with Crippen molar-refractivity contribution in [1.29, 1.82) is 0 Å². The molecule has 0 saturated heterocycles. The van der Waals surface area contributed by atoms with Crippen LogP contribution in [0.2, 0.25) is 0 Å². The zero-order chi connectivity index (χ0) is 14.5. The molecule has 19 heavy (non-hydrogen) atoms. The standard InChI is InChI=1S/C13H24N2O3S/c1-12(2)9-5-6-13(12,3)10(7-9)15-11(16)8-14-19(4,17)18/h9-10,14H,5-8H2,1-4H3,(H,15,16)/t9-,10-,13-/m0/s1. The van der Waals surface area contributed by atoms with E-state index >= 15 is 0 Å².